The molecule has 106 valence electrons. The summed E-state index contributed by atoms with van der Waals surface area (Å²) in [5.41, 5.74) is 2.65. The number of aromatic carboxylic acids is 1. The molecule has 1 fully saturated rings. The van der Waals surface area contributed by atoms with Gasteiger partial charge in [-0.15, -0.1) is 0 Å². The number of piperazine rings is 1. The fourth-order valence-corrected chi connectivity index (χ4v) is 2.67. The van der Waals surface area contributed by atoms with Crippen molar-refractivity contribution in [1.82, 2.24) is 14.7 Å². The molecule has 2 N–H and O–H groups in total. The summed E-state index contributed by atoms with van der Waals surface area (Å²) in [7, 11) is 0. The number of hydrogen-bond acceptors (Lipinski definition) is 4. The highest BCUT2D eigenvalue weighted by Gasteiger charge is 2.18. The van der Waals surface area contributed by atoms with E-state index in [1.165, 1.54) is 0 Å². The molecule has 6 heteroatoms. The van der Waals surface area contributed by atoms with Crippen LogP contribution in [0.1, 0.15) is 23.1 Å². The Hall–Kier alpha value is -2.08. The van der Waals surface area contributed by atoms with Gasteiger partial charge in [-0.2, -0.15) is 0 Å². The topological polar surface area (TPSA) is 69.9 Å². The van der Waals surface area contributed by atoms with Crippen molar-refractivity contribution in [3.8, 4) is 0 Å². The monoisotopic (exact) mass is 274 g/mol. The number of imidazole rings is 1. The second-order valence-corrected chi connectivity index (χ2v) is 4.92. The average molecular weight is 274 g/mol. The quantitative estimate of drug-likeness (QED) is 0.874. The first kappa shape index (κ1) is 12.9. The summed E-state index contributed by atoms with van der Waals surface area (Å²) in [5.74, 6) is -0.924. The first-order chi connectivity index (χ1) is 9.70. The molecule has 0 bridgehead atoms. The zero-order valence-corrected chi connectivity index (χ0v) is 11.5. The van der Waals surface area contributed by atoms with Crippen LogP contribution in [0.2, 0.25) is 0 Å². The van der Waals surface area contributed by atoms with E-state index in [2.05, 4.69) is 15.2 Å². The molecule has 0 radical (unpaired) electrons. The summed E-state index contributed by atoms with van der Waals surface area (Å²) >= 11 is 0. The van der Waals surface area contributed by atoms with Crippen LogP contribution in [0.3, 0.4) is 0 Å². The summed E-state index contributed by atoms with van der Waals surface area (Å²) in [4.78, 5) is 18.1. The third-order valence-electron chi connectivity index (χ3n) is 3.69. The second-order valence-electron chi connectivity index (χ2n) is 4.92. The number of carbonyl (C=O) groups is 1. The minimum Gasteiger partial charge on any atom is -0.477 e. The molecule has 0 saturated carbocycles. The van der Waals surface area contributed by atoms with Gasteiger partial charge in [0.2, 0.25) is 0 Å². The standard InChI is InChI=1S/C14H18N4O2/c1-2-11-13(14(19)20)18-9-10(3-4-12(18)16-11)17-7-5-15-6-8-17/h3-4,9,15H,2,5-8H2,1H3,(H,19,20). The predicted molar refractivity (Wildman–Crippen MR) is 76.6 cm³/mol. The third kappa shape index (κ3) is 2.12. The van der Waals surface area contributed by atoms with Gasteiger partial charge >= 0.3 is 5.97 Å². The number of aryl methyl sites for hydroxylation is 1. The average Bonchev–Trinajstić information content (AvgIpc) is 2.85. The molecule has 3 rings (SSSR count). The zero-order valence-electron chi connectivity index (χ0n) is 11.5. The van der Waals surface area contributed by atoms with Crippen LogP contribution in [-0.2, 0) is 6.42 Å². The van der Waals surface area contributed by atoms with Gasteiger partial charge in [-0.25, -0.2) is 9.78 Å². The number of carboxylic acid groups (broad SMARTS) is 1. The van der Waals surface area contributed by atoms with Crippen LogP contribution in [0.25, 0.3) is 5.65 Å². The van der Waals surface area contributed by atoms with Gasteiger partial charge in [0.25, 0.3) is 0 Å². The molecule has 2 aromatic rings. The van der Waals surface area contributed by atoms with Gasteiger partial charge in [0.05, 0.1) is 11.4 Å². The van der Waals surface area contributed by atoms with Crippen LogP contribution in [0.15, 0.2) is 18.3 Å². The molecule has 0 aromatic carbocycles. The van der Waals surface area contributed by atoms with Gasteiger partial charge in [-0.05, 0) is 18.6 Å². The van der Waals surface area contributed by atoms with E-state index < -0.39 is 5.97 Å². The minimum atomic E-state index is -0.924. The minimum absolute atomic E-state index is 0.277. The molecule has 20 heavy (non-hydrogen) atoms. The number of fused-ring (bicyclic) bond motifs is 1. The number of nitrogens with one attached hydrogen (secondary N) is 1. The Kier molecular flexibility index (Phi) is 3.31. The van der Waals surface area contributed by atoms with Crippen molar-refractivity contribution in [3.05, 3.63) is 29.7 Å². The number of pyridine rings is 1. The molecule has 0 spiro atoms. The normalized spacial score (nSPS) is 15.8. The first-order valence-corrected chi connectivity index (χ1v) is 6.90. The summed E-state index contributed by atoms with van der Waals surface area (Å²) < 4.78 is 1.69. The van der Waals surface area contributed by atoms with Crippen molar-refractivity contribution in [2.45, 2.75) is 13.3 Å². The van der Waals surface area contributed by atoms with Crippen LogP contribution >= 0.6 is 0 Å². The Morgan fingerprint density at radius 3 is 2.80 bits per heavy atom. The lowest BCUT2D eigenvalue weighted by molar-refractivity contribution is 0.0688. The Labute approximate surface area is 117 Å². The van der Waals surface area contributed by atoms with Crippen molar-refractivity contribution in [2.24, 2.45) is 0 Å². The summed E-state index contributed by atoms with van der Waals surface area (Å²) in [5, 5.41) is 12.7. The maximum atomic E-state index is 11.5. The maximum absolute atomic E-state index is 11.5. The van der Waals surface area contributed by atoms with Crippen molar-refractivity contribution in [3.63, 3.8) is 0 Å². The molecular formula is C14H18N4O2. The molecule has 0 atom stereocenters. The molecule has 1 saturated heterocycles. The fraction of sp³-hybridized carbons (Fsp3) is 0.429. The lowest BCUT2D eigenvalue weighted by Crippen LogP contribution is -2.43. The second kappa shape index (κ2) is 5.13. The Bertz CT molecular complexity index is 644. The van der Waals surface area contributed by atoms with Crippen LogP contribution < -0.4 is 10.2 Å². The van der Waals surface area contributed by atoms with E-state index in [0.29, 0.717) is 17.8 Å². The highest BCUT2D eigenvalue weighted by molar-refractivity contribution is 5.88. The lowest BCUT2D eigenvalue weighted by Gasteiger charge is -2.29. The maximum Gasteiger partial charge on any atom is 0.354 e. The number of aromatic nitrogens is 2. The van der Waals surface area contributed by atoms with E-state index in [0.717, 1.165) is 31.9 Å². The van der Waals surface area contributed by atoms with E-state index >= 15 is 0 Å². The van der Waals surface area contributed by atoms with Crippen molar-refractivity contribution in [1.29, 1.82) is 0 Å². The van der Waals surface area contributed by atoms with E-state index in [9.17, 15) is 9.90 Å². The predicted octanol–water partition coefficient (Wildman–Crippen LogP) is 1.00. The summed E-state index contributed by atoms with van der Waals surface area (Å²) in [6, 6.07) is 3.90. The van der Waals surface area contributed by atoms with E-state index in [1.807, 2.05) is 25.3 Å². The van der Waals surface area contributed by atoms with Crippen molar-refractivity contribution in [2.75, 3.05) is 31.1 Å². The van der Waals surface area contributed by atoms with Crippen molar-refractivity contribution >= 4 is 17.3 Å². The van der Waals surface area contributed by atoms with E-state index in [1.54, 1.807) is 4.40 Å². The van der Waals surface area contributed by atoms with Crippen LogP contribution in [0, 0.1) is 0 Å². The summed E-state index contributed by atoms with van der Waals surface area (Å²) in [6.45, 7) is 5.69. The molecule has 1 aliphatic rings. The molecule has 0 aliphatic carbocycles. The number of hydrogen-bond donors (Lipinski definition) is 2. The number of anilines is 1. The first-order valence-electron chi connectivity index (χ1n) is 6.90. The molecule has 2 aromatic heterocycles. The van der Waals surface area contributed by atoms with Gasteiger partial charge < -0.3 is 15.3 Å². The van der Waals surface area contributed by atoms with E-state index in [4.69, 9.17) is 0 Å². The van der Waals surface area contributed by atoms with Gasteiger partial charge in [-0.1, -0.05) is 6.92 Å². The Morgan fingerprint density at radius 1 is 1.40 bits per heavy atom. The van der Waals surface area contributed by atoms with Gasteiger partial charge in [0, 0.05) is 32.4 Å². The summed E-state index contributed by atoms with van der Waals surface area (Å²) in [6.07, 6.45) is 2.50. The number of rotatable bonds is 3. The fourth-order valence-electron chi connectivity index (χ4n) is 2.67. The number of carboxylic acids is 1. The largest absolute Gasteiger partial charge is 0.477 e. The Morgan fingerprint density at radius 2 is 2.15 bits per heavy atom. The van der Waals surface area contributed by atoms with Gasteiger partial charge in [-0.3, -0.25) is 4.40 Å². The third-order valence-corrected chi connectivity index (χ3v) is 3.69. The van der Waals surface area contributed by atoms with Crippen LogP contribution in [0.4, 0.5) is 5.69 Å². The van der Waals surface area contributed by atoms with Crippen molar-refractivity contribution < 1.29 is 9.90 Å². The molecule has 0 amide bonds. The van der Waals surface area contributed by atoms with Crippen LogP contribution in [0.5, 0.6) is 0 Å². The highest BCUT2D eigenvalue weighted by Crippen LogP contribution is 2.20. The Balaban J connectivity index is 2.09. The highest BCUT2D eigenvalue weighted by atomic mass is 16.4. The molecule has 0 unspecified atom stereocenters. The SMILES string of the molecule is CCc1nc2ccc(N3CCNCC3)cn2c1C(=O)O. The lowest BCUT2D eigenvalue weighted by atomic mass is 10.2. The molecule has 3 heterocycles. The molecule has 1 aliphatic heterocycles. The van der Waals surface area contributed by atoms with Gasteiger partial charge in [0.15, 0.2) is 5.69 Å². The van der Waals surface area contributed by atoms with Crippen LogP contribution in [-0.4, -0.2) is 46.6 Å². The zero-order chi connectivity index (χ0) is 14.1. The molecule has 6 nitrogen and oxygen atoms in total. The molecular weight excluding hydrogens is 256 g/mol. The van der Waals surface area contributed by atoms with Gasteiger partial charge in [0.1, 0.15) is 5.65 Å². The van der Waals surface area contributed by atoms with E-state index in [-0.39, 0.29) is 5.69 Å². The smallest absolute Gasteiger partial charge is 0.354 e. The number of nitrogens with zero attached hydrogens (tertiary/aromatic N) is 3.